The van der Waals surface area contributed by atoms with E-state index >= 15 is 0 Å². The highest BCUT2D eigenvalue weighted by atomic mass is 16.4. The van der Waals surface area contributed by atoms with Gasteiger partial charge in [0.15, 0.2) is 0 Å². The molecule has 0 aromatic rings. The number of piperidine rings is 2. The average molecular weight is 282 g/mol. The molecule has 5 nitrogen and oxygen atoms in total. The molecule has 2 saturated heterocycles. The molecule has 1 N–H and O–H groups in total. The van der Waals surface area contributed by atoms with Crippen LogP contribution in [-0.2, 0) is 4.79 Å². The lowest BCUT2D eigenvalue weighted by molar-refractivity contribution is -0.144. The Bertz CT molecular complexity index is 364. The Morgan fingerprint density at radius 1 is 1.15 bits per heavy atom. The molecule has 0 spiro atoms. The number of carboxylic acid groups (broad SMARTS) is 1. The number of hydrogen-bond acceptors (Lipinski definition) is 2. The number of carbonyl (C=O) groups is 2. The number of aliphatic carboxylic acids is 1. The van der Waals surface area contributed by atoms with Gasteiger partial charge in [0.25, 0.3) is 0 Å². The Morgan fingerprint density at radius 2 is 1.80 bits per heavy atom. The molecule has 2 aliphatic heterocycles. The van der Waals surface area contributed by atoms with Crippen molar-refractivity contribution in [3.8, 4) is 0 Å². The van der Waals surface area contributed by atoms with Crippen LogP contribution in [0.4, 0.5) is 4.79 Å². The Hall–Kier alpha value is -1.26. The van der Waals surface area contributed by atoms with Gasteiger partial charge in [0.2, 0.25) is 0 Å². The molecule has 5 heteroatoms. The summed E-state index contributed by atoms with van der Waals surface area (Å²) in [6.07, 6.45) is 4.74. The van der Waals surface area contributed by atoms with Gasteiger partial charge in [0.05, 0.1) is 0 Å². The molecular formula is C15H26N2O3. The summed E-state index contributed by atoms with van der Waals surface area (Å²) < 4.78 is 0. The number of nitrogens with zero attached hydrogens (tertiary/aromatic N) is 2. The molecule has 0 aliphatic carbocycles. The summed E-state index contributed by atoms with van der Waals surface area (Å²) in [4.78, 5) is 27.4. The summed E-state index contributed by atoms with van der Waals surface area (Å²) in [7, 11) is 0. The van der Waals surface area contributed by atoms with Gasteiger partial charge in [-0.2, -0.15) is 0 Å². The predicted octanol–water partition coefficient (Wildman–Crippen LogP) is 2.41. The number of carboxylic acids is 1. The molecule has 0 radical (unpaired) electrons. The van der Waals surface area contributed by atoms with Crippen LogP contribution in [0.1, 0.15) is 46.0 Å². The Kier molecular flexibility index (Phi) is 4.89. The zero-order valence-corrected chi connectivity index (χ0v) is 12.5. The minimum absolute atomic E-state index is 0.0705. The van der Waals surface area contributed by atoms with Gasteiger partial charge < -0.3 is 14.9 Å². The van der Waals surface area contributed by atoms with Gasteiger partial charge in [-0.25, -0.2) is 9.59 Å². The number of carbonyl (C=O) groups excluding carboxylic acids is 1. The lowest BCUT2D eigenvalue weighted by Gasteiger charge is -2.41. The van der Waals surface area contributed by atoms with Crippen LogP contribution in [0.25, 0.3) is 0 Å². The van der Waals surface area contributed by atoms with Crippen molar-refractivity contribution in [3.63, 3.8) is 0 Å². The van der Waals surface area contributed by atoms with Crippen molar-refractivity contribution in [2.24, 2.45) is 11.8 Å². The lowest BCUT2D eigenvalue weighted by atomic mass is 9.92. The van der Waals surface area contributed by atoms with Gasteiger partial charge in [-0.3, -0.25) is 0 Å². The first-order valence-electron chi connectivity index (χ1n) is 7.81. The second kappa shape index (κ2) is 6.46. The molecule has 114 valence electrons. The van der Waals surface area contributed by atoms with Crippen molar-refractivity contribution in [1.82, 2.24) is 9.80 Å². The predicted molar refractivity (Wildman–Crippen MR) is 76.5 cm³/mol. The van der Waals surface area contributed by atoms with E-state index in [4.69, 9.17) is 0 Å². The summed E-state index contributed by atoms with van der Waals surface area (Å²) >= 11 is 0. The fourth-order valence-corrected chi connectivity index (χ4v) is 3.32. The van der Waals surface area contributed by atoms with Crippen LogP contribution in [0.3, 0.4) is 0 Å². The number of amides is 2. The molecule has 2 atom stereocenters. The third-order valence-electron chi connectivity index (χ3n) is 4.86. The van der Waals surface area contributed by atoms with Crippen molar-refractivity contribution >= 4 is 12.0 Å². The summed E-state index contributed by atoms with van der Waals surface area (Å²) in [6, 6.07) is -0.714. The zero-order chi connectivity index (χ0) is 14.7. The number of rotatable bonds is 2. The molecule has 2 amide bonds. The van der Waals surface area contributed by atoms with E-state index in [1.54, 1.807) is 4.90 Å². The average Bonchev–Trinajstić information content (AvgIpc) is 2.46. The highest BCUT2D eigenvalue weighted by Gasteiger charge is 2.37. The topological polar surface area (TPSA) is 60.9 Å². The van der Waals surface area contributed by atoms with E-state index in [0.717, 1.165) is 38.3 Å². The van der Waals surface area contributed by atoms with Crippen LogP contribution in [0.2, 0.25) is 0 Å². The highest BCUT2D eigenvalue weighted by molar-refractivity contribution is 5.83. The van der Waals surface area contributed by atoms with Gasteiger partial charge >= 0.3 is 12.0 Å². The van der Waals surface area contributed by atoms with Gasteiger partial charge in [-0.05, 0) is 37.5 Å². The number of urea groups is 1. The highest BCUT2D eigenvalue weighted by Crippen LogP contribution is 2.26. The van der Waals surface area contributed by atoms with Crippen molar-refractivity contribution in [3.05, 3.63) is 0 Å². The number of hydrogen-bond donors (Lipinski definition) is 1. The zero-order valence-electron chi connectivity index (χ0n) is 12.5. The third-order valence-corrected chi connectivity index (χ3v) is 4.86. The van der Waals surface area contributed by atoms with Crippen molar-refractivity contribution in [2.75, 3.05) is 19.6 Å². The van der Waals surface area contributed by atoms with E-state index in [9.17, 15) is 14.7 Å². The molecule has 0 aromatic carbocycles. The fourth-order valence-electron chi connectivity index (χ4n) is 3.32. The molecule has 2 heterocycles. The number of likely N-dealkylation sites (tertiary alicyclic amines) is 2. The molecule has 0 aromatic heterocycles. The van der Waals surface area contributed by atoms with E-state index in [1.165, 1.54) is 6.42 Å². The van der Waals surface area contributed by atoms with Crippen LogP contribution in [0.15, 0.2) is 0 Å². The normalized spacial score (nSPS) is 28.5. The molecule has 2 rings (SSSR count). The van der Waals surface area contributed by atoms with Gasteiger partial charge in [0.1, 0.15) is 6.04 Å². The molecule has 2 aliphatic rings. The maximum atomic E-state index is 12.6. The van der Waals surface area contributed by atoms with E-state index in [0.29, 0.717) is 18.9 Å². The maximum absolute atomic E-state index is 12.6. The largest absolute Gasteiger partial charge is 0.480 e. The second-order valence-corrected chi connectivity index (χ2v) is 6.30. The molecule has 2 unspecified atom stereocenters. The van der Waals surface area contributed by atoms with Crippen LogP contribution in [0.5, 0.6) is 0 Å². The summed E-state index contributed by atoms with van der Waals surface area (Å²) in [6.45, 7) is 6.37. The van der Waals surface area contributed by atoms with E-state index in [2.05, 4.69) is 13.8 Å². The Labute approximate surface area is 120 Å². The van der Waals surface area contributed by atoms with Crippen LogP contribution in [-0.4, -0.2) is 52.6 Å². The van der Waals surface area contributed by atoms with Crippen LogP contribution in [0, 0.1) is 11.8 Å². The smallest absolute Gasteiger partial charge is 0.326 e. The van der Waals surface area contributed by atoms with E-state index in [-0.39, 0.29) is 6.03 Å². The van der Waals surface area contributed by atoms with Gasteiger partial charge in [-0.15, -0.1) is 0 Å². The van der Waals surface area contributed by atoms with Crippen molar-refractivity contribution < 1.29 is 14.7 Å². The molecule has 0 bridgehead atoms. The summed E-state index contributed by atoms with van der Waals surface area (Å²) in [5.41, 5.74) is 0. The quantitative estimate of drug-likeness (QED) is 0.846. The van der Waals surface area contributed by atoms with Crippen molar-refractivity contribution in [1.29, 1.82) is 0 Å². The third kappa shape index (κ3) is 3.25. The van der Waals surface area contributed by atoms with Gasteiger partial charge in [0, 0.05) is 19.6 Å². The van der Waals surface area contributed by atoms with Crippen molar-refractivity contribution in [2.45, 2.75) is 52.0 Å². The minimum atomic E-state index is -0.867. The van der Waals surface area contributed by atoms with E-state index < -0.39 is 12.0 Å². The first kappa shape index (κ1) is 15.1. The Morgan fingerprint density at radius 3 is 2.35 bits per heavy atom. The lowest BCUT2D eigenvalue weighted by Crippen LogP contribution is -2.55. The minimum Gasteiger partial charge on any atom is -0.480 e. The van der Waals surface area contributed by atoms with E-state index in [1.807, 2.05) is 4.90 Å². The van der Waals surface area contributed by atoms with Gasteiger partial charge in [-0.1, -0.05) is 20.3 Å². The summed E-state index contributed by atoms with van der Waals surface area (Å²) in [5, 5.41) is 9.34. The SMILES string of the molecule is CCC1CCN(C(=O)N2CCC(C)CC2C(=O)O)CC1. The maximum Gasteiger partial charge on any atom is 0.326 e. The second-order valence-electron chi connectivity index (χ2n) is 6.30. The molecular weight excluding hydrogens is 256 g/mol. The summed E-state index contributed by atoms with van der Waals surface area (Å²) in [5.74, 6) is 0.232. The molecule has 2 fully saturated rings. The molecule has 20 heavy (non-hydrogen) atoms. The Balaban J connectivity index is 1.98. The first-order chi connectivity index (χ1) is 9.52. The monoisotopic (exact) mass is 282 g/mol. The van der Waals surface area contributed by atoms with Crippen LogP contribution >= 0.6 is 0 Å². The standard InChI is InChI=1S/C15H26N2O3/c1-3-12-5-7-16(8-6-12)15(20)17-9-4-11(2)10-13(17)14(18)19/h11-13H,3-10H2,1-2H3,(H,18,19). The fraction of sp³-hybridized carbons (Fsp3) is 0.867. The first-order valence-corrected chi connectivity index (χ1v) is 7.81. The molecule has 0 saturated carbocycles. The van der Waals surface area contributed by atoms with Crippen LogP contribution < -0.4 is 0 Å².